The highest BCUT2D eigenvalue weighted by atomic mass is 35.5. The summed E-state index contributed by atoms with van der Waals surface area (Å²) >= 11 is 12.9. The van der Waals surface area contributed by atoms with Crippen LogP contribution in [0.25, 0.3) is 0 Å². The molecule has 0 spiro atoms. The standard InChI is InChI=1S/C12H13Cl2NO3S2/c1-8-11(5-9(6-13)18-8)20(16,17)15(2)7-10-3-4-12(14)19-10/h3-5H,6-7H2,1-2H3. The highest BCUT2D eigenvalue weighted by Gasteiger charge is 2.26. The van der Waals surface area contributed by atoms with Crippen LogP contribution >= 0.6 is 34.5 Å². The van der Waals surface area contributed by atoms with Crippen LogP contribution in [0.15, 0.2) is 27.5 Å². The first-order valence-electron chi connectivity index (χ1n) is 5.70. The number of nitrogens with zero attached hydrogens (tertiary/aromatic N) is 1. The van der Waals surface area contributed by atoms with E-state index < -0.39 is 10.0 Å². The van der Waals surface area contributed by atoms with Gasteiger partial charge in [0.1, 0.15) is 16.4 Å². The summed E-state index contributed by atoms with van der Waals surface area (Å²) in [4.78, 5) is 1.03. The molecule has 0 atom stereocenters. The van der Waals surface area contributed by atoms with Crippen molar-refractivity contribution in [1.29, 1.82) is 0 Å². The van der Waals surface area contributed by atoms with Gasteiger partial charge in [0.05, 0.1) is 10.2 Å². The van der Waals surface area contributed by atoms with Crippen LogP contribution in [-0.2, 0) is 22.4 Å². The zero-order valence-corrected chi connectivity index (χ0v) is 14.0. The second-order valence-corrected chi connectivity index (χ2v) is 8.31. The molecule has 0 amide bonds. The van der Waals surface area contributed by atoms with E-state index in [4.69, 9.17) is 27.6 Å². The number of halogens is 2. The SMILES string of the molecule is Cc1oc(CCl)cc1S(=O)(=O)N(C)Cc1ccc(Cl)s1. The van der Waals surface area contributed by atoms with Gasteiger partial charge in [-0.25, -0.2) is 8.42 Å². The number of hydrogen-bond acceptors (Lipinski definition) is 4. The third-order valence-corrected chi connectivity index (χ3v) is 6.14. The molecule has 0 unspecified atom stereocenters. The van der Waals surface area contributed by atoms with E-state index in [1.165, 1.54) is 28.8 Å². The lowest BCUT2D eigenvalue weighted by Gasteiger charge is -2.15. The molecule has 0 saturated heterocycles. The summed E-state index contributed by atoms with van der Waals surface area (Å²) in [6.45, 7) is 1.87. The lowest BCUT2D eigenvalue weighted by atomic mass is 10.4. The molecule has 20 heavy (non-hydrogen) atoms. The van der Waals surface area contributed by atoms with Gasteiger partial charge in [-0.1, -0.05) is 11.6 Å². The smallest absolute Gasteiger partial charge is 0.246 e. The Balaban J connectivity index is 2.26. The predicted molar refractivity (Wildman–Crippen MR) is 81.0 cm³/mol. The fraction of sp³-hybridized carbons (Fsp3) is 0.333. The number of hydrogen-bond donors (Lipinski definition) is 0. The molecule has 2 heterocycles. The van der Waals surface area contributed by atoms with Crippen molar-refractivity contribution < 1.29 is 12.8 Å². The normalized spacial score (nSPS) is 12.2. The zero-order chi connectivity index (χ0) is 14.9. The number of thiophene rings is 1. The monoisotopic (exact) mass is 353 g/mol. The van der Waals surface area contributed by atoms with Crippen LogP contribution in [0.3, 0.4) is 0 Å². The largest absolute Gasteiger partial charge is 0.464 e. The van der Waals surface area contributed by atoms with Crippen LogP contribution < -0.4 is 0 Å². The molecule has 0 fully saturated rings. The van der Waals surface area contributed by atoms with E-state index in [0.29, 0.717) is 15.9 Å². The molecule has 0 aromatic carbocycles. The molecule has 8 heteroatoms. The van der Waals surface area contributed by atoms with Crippen LogP contribution in [0, 0.1) is 6.92 Å². The summed E-state index contributed by atoms with van der Waals surface area (Å²) in [7, 11) is -2.08. The third-order valence-electron chi connectivity index (χ3n) is 2.75. The molecule has 2 aromatic heterocycles. The molecule has 0 radical (unpaired) electrons. The van der Waals surface area contributed by atoms with Crippen molar-refractivity contribution in [2.24, 2.45) is 0 Å². The molecule has 110 valence electrons. The van der Waals surface area contributed by atoms with Crippen molar-refractivity contribution in [3.63, 3.8) is 0 Å². The molecule has 0 bridgehead atoms. The minimum absolute atomic E-state index is 0.139. The third kappa shape index (κ3) is 3.20. The molecular weight excluding hydrogens is 341 g/mol. The first kappa shape index (κ1) is 15.9. The number of rotatable bonds is 5. The Labute approximate surface area is 132 Å². The Morgan fingerprint density at radius 2 is 2.10 bits per heavy atom. The highest BCUT2D eigenvalue weighted by molar-refractivity contribution is 7.89. The Morgan fingerprint density at radius 3 is 2.60 bits per heavy atom. The van der Waals surface area contributed by atoms with Crippen LogP contribution in [0.1, 0.15) is 16.4 Å². The molecule has 0 saturated carbocycles. The van der Waals surface area contributed by atoms with Gasteiger partial charge in [-0.2, -0.15) is 4.31 Å². The van der Waals surface area contributed by atoms with E-state index in [2.05, 4.69) is 0 Å². The van der Waals surface area contributed by atoms with Gasteiger partial charge in [0.2, 0.25) is 10.0 Å². The number of aryl methyl sites for hydroxylation is 1. The van der Waals surface area contributed by atoms with Crippen molar-refractivity contribution in [3.8, 4) is 0 Å². The molecule has 2 rings (SSSR count). The number of alkyl halides is 1. The molecule has 0 aliphatic carbocycles. The Bertz CT molecular complexity index is 706. The lowest BCUT2D eigenvalue weighted by molar-refractivity contribution is 0.461. The van der Waals surface area contributed by atoms with Gasteiger partial charge in [0.15, 0.2) is 0 Å². The zero-order valence-electron chi connectivity index (χ0n) is 10.9. The van der Waals surface area contributed by atoms with Crippen LogP contribution in [0.2, 0.25) is 4.34 Å². The van der Waals surface area contributed by atoms with Crippen molar-refractivity contribution in [3.05, 3.63) is 38.9 Å². The van der Waals surface area contributed by atoms with Crippen molar-refractivity contribution in [1.82, 2.24) is 4.31 Å². The van der Waals surface area contributed by atoms with Gasteiger partial charge in [-0.05, 0) is 19.1 Å². The van der Waals surface area contributed by atoms with Crippen LogP contribution in [-0.4, -0.2) is 19.8 Å². The van der Waals surface area contributed by atoms with E-state index in [9.17, 15) is 8.42 Å². The minimum atomic E-state index is -3.60. The van der Waals surface area contributed by atoms with Gasteiger partial charge in [-0.3, -0.25) is 0 Å². The maximum atomic E-state index is 12.5. The summed E-state index contributed by atoms with van der Waals surface area (Å²) in [6, 6.07) is 5.03. The van der Waals surface area contributed by atoms with Crippen LogP contribution in [0.5, 0.6) is 0 Å². The molecule has 2 aromatic rings. The Kier molecular flexibility index (Phi) is 4.81. The fourth-order valence-electron chi connectivity index (χ4n) is 1.76. The molecular formula is C12H13Cl2NO3S2. The second kappa shape index (κ2) is 6.07. The Hall–Kier alpha value is -0.530. The van der Waals surface area contributed by atoms with E-state index >= 15 is 0 Å². The van der Waals surface area contributed by atoms with Gasteiger partial charge in [0, 0.05) is 24.5 Å². The summed E-state index contributed by atoms with van der Waals surface area (Å²) in [5.74, 6) is 0.924. The van der Waals surface area contributed by atoms with E-state index in [1.54, 1.807) is 13.0 Å². The summed E-state index contributed by atoms with van der Waals surface area (Å²) in [5.41, 5.74) is 0. The minimum Gasteiger partial charge on any atom is -0.464 e. The molecule has 0 aliphatic heterocycles. The van der Waals surface area contributed by atoms with Crippen LogP contribution in [0.4, 0.5) is 0 Å². The summed E-state index contributed by atoms with van der Waals surface area (Å²) in [5, 5.41) is 0. The first-order chi connectivity index (χ1) is 9.34. The average molecular weight is 354 g/mol. The number of furan rings is 1. The maximum Gasteiger partial charge on any atom is 0.246 e. The van der Waals surface area contributed by atoms with E-state index in [0.717, 1.165) is 4.88 Å². The highest BCUT2D eigenvalue weighted by Crippen LogP contribution is 2.27. The first-order valence-corrected chi connectivity index (χ1v) is 8.87. The predicted octanol–water partition coefficient (Wildman–Crippen LogP) is 3.86. The molecule has 0 aliphatic rings. The van der Waals surface area contributed by atoms with E-state index in [-0.39, 0.29) is 17.3 Å². The second-order valence-electron chi connectivity index (χ2n) is 4.23. The average Bonchev–Trinajstić information content (AvgIpc) is 2.95. The lowest BCUT2D eigenvalue weighted by Crippen LogP contribution is -2.26. The van der Waals surface area contributed by atoms with Crippen molar-refractivity contribution in [2.45, 2.75) is 24.2 Å². The summed E-state index contributed by atoms with van der Waals surface area (Å²) in [6.07, 6.45) is 0. The van der Waals surface area contributed by atoms with Crippen molar-refractivity contribution in [2.75, 3.05) is 7.05 Å². The van der Waals surface area contributed by atoms with Gasteiger partial charge in [-0.15, -0.1) is 22.9 Å². The van der Waals surface area contributed by atoms with Gasteiger partial charge >= 0.3 is 0 Å². The topological polar surface area (TPSA) is 50.5 Å². The quantitative estimate of drug-likeness (QED) is 0.766. The van der Waals surface area contributed by atoms with Crippen molar-refractivity contribution >= 4 is 44.6 Å². The number of sulfonamides is 1. The maximum absolute atomic E-state index is 12.5. The fourth-order valence-corrected chi connectivity index (χ4v) is 4.44. The summed E-state index contributed by atoms with van der Waals surface area (Å²) < 4.78 is 32.2. The van der Waals surface area contributed by atoms with E-state index in [1.807, 2.05) is 6.07 Å². The van der Waals surface area contributed by atoms with Gasteiger partial charge < -0.3 is 4.42 Å². The Morgan fingerprint density at radius 1 is 1.40 bits per heavy atom. The van der Waals surface area contributed by atoms with Gasteiger partial charge in [0.25, 0.3) is 0 Å². The molecule has 0 N–H and O–H groups in total. The molecule has 4 nitrogen and oxygen atoms in total.